The van der Waals surface area contributed by atoms with Gasteiger partial charge < -0.3 is 9.47 Å². The molecule has 2 aliphatic rings. The van der Waals surface area contributed by atoms with Crippen molar-refractivity contribution in [2.75, 3.05) is 6.73 Å². The second-order valence-electron chi connectivity index (χ2n) is 6.96. The predicted molar refractivity (Wildman–Crippen MR) is 112 cm³/mol. The van der Waals surface area contributed by atoms with Crippen molar-refractivity contribution in [2.45, 2.75) is 13.1 Å². The van der Waals surface area contributed by atoms with Crippen molar-refractivity contribution in [3.8, 4) is 11.5 Å². The lowest BCUT2D eigenvalue weighted by atomic mass is 10.0. The SMILES string of the molecule is O=C1C(=Cc2ccccc2Br)Oc2c1ccc1c2CN(Cc2ccccn2)CO1. The summed E-state index contributed by atoms with van der Waals surface area (Å²) in [5, 5.41) is 0. The van der Waals surface area contributed by atoms with Gasteiger partial charge in [-0.25, -0.2) is 0 Å². The average molecular weight is 449 g/mol. The molecule has 0 saturated carbocycles. The average Bonchev–Trinajstić information content (AvgIpc) is 3.06. The van der Waals surface area contributed by atoms with Crippen LogP contribution in [0.25, 0.3) is 6.08 Å². The summed E-state index contributed by atoms with van der Waals surface area (Å²) < 4.78 is 12.9. The molecule has 0 fully saturated rings. The van der Waals surface area contributed by atoms with Gasteiger partial charge in [0.2, 0.25) is 5.78 Å². The van der Waals surface area contributed by atoms with E-state index in [1.165, 1.54) is 0 Å². The van der Waals surface area contributed by atoms with Gasteiger partial charge in [0, 0.05) is 23.8 Å². The number of nitrogens with zero attached hydrogens (tertiary/aromatic N) is 2. The number of benzene rings is 2. The molecule has 29 heavy (non-hydrogen) atoms. The Bertz CT molecular complexity index is 1130. The van der Waals surface area contributed by atoms with E-state index < -0.39 is 0 Å². The zero-order valence-electron chi connectivity index (χ0n) is 15.5. The largest absolute Gasteiger partial charge is 0.478 e. The van der Waals surface area contributed by atoms with Gasteiger partial charge in [-0.3, -0.25) is 14.7 Å². The van der Waals surface area contributed by atoms with Crippen LogP contribution in [0.15, 0.2) is 71.0 Å². The highest BCUT2D eigenvalue weighted by atomic mass is 79.9. The van der Waals surface area contributed by atoms with Crippen LogP contribution in [-0.2, 0) is 13.1 Å². The Morgan fingerprint density at radius 2 is 1.97 bits per heavy atom. The Labute approximate surface area is 176 Å². The molecule has 0 unspecified atom stereocenters. The lowest BCUT2D eigenvalue weighted by Gasteiger charge is -2.29. The maximum atomic E-state index is 12.9. The number of hydrogen-bond donors (Lipinski definition) is 0. The van der Waals surface area contributed by atoms with Gasteiger partial charge in [0.15, 0.2) is 5.76 Å². The van der Waals surface area contributed by atoms with Crippen LogP contribution < -0.4 is 9.47 Å². The number of pyridine rings is 1. The molecule has 5 nitrogen and oxygen atoms in total. The summed E-state index contributed by atoms with van der Waals surface area (Å²) in [6.07, 6.45) is 3.56. The molecular formula is C23H17BrN2O3. The van der Waals surface area contributed by atoms with E-state index in [1.807, 2.05) is 48.5 Å². The van der Waals surface area contributed by atoms with Crippen molar-refractivity contribution < 1.29 is 14.3 Å². The minimum absolute atomic E-state index is 0.111. The second-order valence-corrected chi connectivity index (χ2v) is 7.82. The molecule has 0 N–H and O–H groups in total. The predicted octanol–water partition coefficient (Wildman–Crippen LogP) is 4.81. The van der Waals surface area contributed by atoms with E-state index in [1.54, 1.807) is 18.3 Å². The fourth-order valence-corrected chi connectivity index (χ4v) is 3.96. The van der Waals surface area contributed by atoms with Crippen LogP contribution in [-0.4, -0.2) is 22.4 Å². The molecule has 6 heteroatoms. The summed E-state index contributed by atoms with van der Waals surface area (Å²) in [5.41, 5.74) is 3.34. The van der Waals surface area contributed by atoms with Crippen LogP contribution in [0.5, 0.6) is 11.5 Å². The Hall–Kier alpha value is -2.96. The third-order valence-electron chi connectivity index (χ3n) is 4.99. The molecule has 3 aromatic rings. The molecule has 0 saturated heterocycles. The first-order valence-corrected chi connectivity index (χ1v) is 10.1. The number of rotatable bonds is 3. The monoisotopic (exact) mass is 448 g/mol. The highest BCUT2D eigenvalue weighted by molar-refractivity contribution is 9.10. The van der Waals surface area contributed by atoms with E-state index in [9.17, 15) is 4.79 Å². The van der Waals surface area contributed by atoms with Gasteiger partial charge in [-0.1, -0.05) is 40.2 Å². The summed E-state index contributed by atoms with van der Waals surface area (Å²) in [6.45, 7) is 1.76. The fraction of sp³-hybridized carbons (Fsp3) is 0.130. The summed E-state index contributed by atoms with van der Waals surface area (Å²) in [5.74, 6) is 1.56. The standard InChI is InChI=1S/C23H17BrN2O3/c24-19-7-2-1-5-15(19)11-21-22(27)17-8-9-20-18(23(17)29-21)13-26(14-28-20)12-16-6-3-4-10-25-16/h1-11H,12-14H2. The third-order valence-corrected chi connectivity index (χ3v) is 5.71. The van der Waals surface area contributed by atoms with Crippen LogP contribution in [0.4, 0.5) is 0 Å². The number of hydrogen-bond acceptors (Lipinski definition) is 5. The van der Waals surface area contributed by atoms with E-state index in [0.29, 0.717) is 36.9 Å². The molecule has 0 atom stereocenters. The number of carbonyl (C=O) groups excluding carboxylic acids is 1. The highest BCUT2D eigenvalue weighted by Crippen LogP contribution is 2.42. The van der Waals surface area contributed by atoms with Crippen molar-refractivity contribution in [2.24, 2.45) is 0 Å². The van der Waals surface area contributed by atoms with Crippen molar-refractivity contribution in [3.05, 3.63) is 93.4 Å². The number of carbonyl (C=O) groups is 1. The fourth-order valence-electron chi connectivity index (χ4n) is 3.56. The van der Waals surface area contributed by atoms with Gasteiger partial charge in [-0.2, -0.15) is 0 Å². The maximum Gasteiger partial charge on any atom is 0.231 e. The van der Waals surface area contributed by atoms with Crippen molar-refractivity contribution in [1.29, 1.82) is 0 Å². The number of fused-ring (bicyclic) bond motifs is 3. The highest BCUT2D eigenvalue weighted by Gasteiger charge is 2.33. The zero-order valence-corrected chi connectivity index (χ0v) is 17.1. The van der Waals surface area contributed by atoms with E-state index in [2.05, 4.69) is 25.8 Å². The molecule has 1 aromatic heterocycles. The number of allylic oxidation sites excluding steroid dienone is 1. The normalized spacial score (nSPS) is 16.9. The lowest BCUT2D eigenvalue weighted by Crippen LogP contribution is -2.32. The van der Waals surface area contributed by atoms with Gasteiger partial charge in [-0.05, 0) is 42.0 Å². The summed E-state index contributed by atoms with van der Waals surface area (Å²) in [6, 6.07) is 17.2. The molecule has 0 spiro atoms. The summed E-state index contributed by atoms with van der Waals surface area (Å²) in [7, 11) is 0. The second kappa shape index (κ2) is 7.46. The number of ketones is 1. The van der Waals surface area contributed by atoms with Gasteiger partial charge in [0.05, 0.1) is 16.8 Å². The maximum absolute atomic E-state index is 12.9. The van der Waals surface area contributed by atoms with Gasteiger partial charge in [-0.15, -0.1) is 0 Å². The number of halogens is 1. The Balaban J connectivity index is 1.45. The molecule has 5 rings (SSSR count). The van der Waals surface area contributed by atoms with Crippen molar-refractivity contribution in [3.63, 3.8) is 0 Å². The van der Waals surface area contributed by atoms with Crippen LogP contribution in [0, 0.1) is 0 Å². The molecule has 2 aromatic carbocycles. The van der Waals surface area contributed by atoms with Crippen LogP contribution in [0.2, 0.25) is 0 Å². The van der Waals surface area contributed by atoms with Crippen LogP contribution in [0.3, 0.4) is 0 Å². The van der Waals surface area contributed by atoms with Gasteiger partial charge in [0.25, 0.3) is 0 Å². The first-order chi connectivity index (χ1) is 14.2. The summed E-state index contributed by atoms with van der Waals surface area (Å²) in [4.78, 5) is 19.4. The van der Waals surface area contributed by atoms with Crippen molar-refractivity contribution >= 4 is 27.8 Å². The minimum atomic E-state index is -0.111. The van der Waals surface area contributed by atoms with Crippen LogP contribution >= 0.6 is 15.9 Å². The molecule has 0 bridgehead atoms. The molecule has 0 radical (unpaired) electrons. The van der Waals surface area contributed by atoms with Gasteiger partial charge >= 0.3 is 0 Å². The lowest BCUT2D eigenvalue weighted by molar-refractivity contribution is 0.0861. The molecule has 0 amide bonds. The summed E-state index contributed by atoms with van der Waals surface area (Å²) >= 11 is 3.51. The molecular weight excluding hydrogens is 432 g/mol. The van der Waals surface area contributed by atoms with E-state index in [-0.39, 0.29) is 5.78 Å². The van der Waals surface area contributed by atoms with E-state index in [4.69, 9.17) is 9.47 Å². The van der Waals surface area contributed by atoms with E-state index >= 15 is 0 Å². The Morgan fingerprint density at radius 3 is 2.79 bits per heavy atom. The van der Waals surface area contributed by atoms with Gasteiger partial charge in [0.1, 0.15) is 18.2 Å². The number of ether oxygens (including phenoxy) is 2. The Kier molecular flexibility index (Phi) is 4.66. The number of Topliss-reactive ketones (excluding diaryl/α,β-unsaturated/α-hetero) is 1. The zero-order chi connectivity index (χ0) is 19.8. The topological polar surface area (TPSA) is 51.7 Å². The molecule has 144 valence electrons. The molecule has 0 aliphatic carbocycles. The van der Waals surface area contributed by atoms with Crippen molar-refractivity contribution in [1.82, 2.24) is 9.88 Å². The molecule has 3 heterocycles. The number of aromatic nitrogens is 1. The minimum Gasteiger partial charge on any atom is -0.478 e. The Morgan fingerprint density at radius 1 is 1.10 bits per heavy atom. The first kappa shape index (κ1) is 18.1. The first-order valence-electron chi connectivity index (χ1n) is 9.29. The smallest absolute Gasteiger partial charge is 0.231 e. The quantitative estimate of drug-likeness (QED) is 0.538. The third kappa shape index (κ3) is 3.45. The molecule has 2 aliphatic heterocycles. The van der Waals surface area contributed by atoms with Crippen LogP contribution in [0.1, 0.15) is 27.2 Å². The van der Waals surface area contributed by atoms with E-state index in [0.717, 1.165) is 27.0 Å².